The average Bonchev–Trinajstić information content (AvgIpc) is 3.09. The molecule has 2 N–H and O–H groups in total. The number of hydrogen-bond acceptors (Lipinski definition) is 3. The maximum absolute atomic E-state index is 13.0. The Labute approximate surface area is 125 Å². The normalized spacial score (nSPS) is 30.1. The maximum atomic E-state index is 13.0. The van der Waals surface area contributed by atoms with E-state index in [2.05, 4.69) is 6.07 Å². The van der Waals surface area contributed by atoms with Gasteiger partial charge >= 0.3 is 0 Å². The van der Waals surface area contributed by atoms with Crippen molar-refractivity contribution in [3.63, 3.8) is 0 Å². The van der Waals surface area contributed by atoms with E-state index in [0.29, 0.717) is 24.8 Å². The van der Waals surface area contributed by atoms with E-state index in [9.17, 15) is 4.79 Å². The number of nitriles is 1. The zero-order chi connectivity index (χ0) is 14.8. The summed E-state index contributed by atoms with van der Waals surface area (Å²) in [4.78, 5) is 14.7. The zero-order valence-electron chi connectivity index (χ0n) is 12.1. The average molecular weight is 283 g/mol. The fourth-order valence-corrected chi connectivity index (χ4v) is 4.02. The number of anilines is 1. The largest absolute Gasteiger partial charge is 0.327 e. The molecule has 0 aliphatic heterocycles. The highest BCUT2D eigenvalue weighted by molar-refractivity contribution is 5.96. The Bertz CT molecular complexity index is 549. The van der Waals surface area contributed by atoms with Crippen LogP contribution in [0.4, 0.5) is 5.69 Å². The quantitative estimate of drug-likeness (QED) is 0.921. The number of rotatable bonds is 4. The SMILES string of the molecule is N#CCCN(C(=O)C1C2CCC(C2)C1N)c1ccccc1. The van der Waals surface area contributed by atoms with Crippen LogP contribution in [0.2, 0.25) is 0 Å². The van der Waals surface area contributed by atoms with Crippen molar-refractivity contribution < 1.29 is 4.79 Å². The van der Waals surface area contributed by atoms with Crippen LogP contribution in [0.15, 0.2) is 30.3 Å². The lowest BCUT2D eigenvalue weighted by atomic mass is 9.84. The van der Waals surface area contributed by atoms with Crippen LogP contribution in [0.3, 0.4) is 0 Å². The standard InChI is InChI=1S/C17H21N3O/c18-9-4-10-20(14-5-2-1-3-6-14)17(21)15-12-7-8-13(11-12)16(15)19/h1-3,5-6,12-13,15-16H,4,7-8,10-11,19H2. The van der Waals surface area contributed by atoms with E-state index in [1.165, 1.54) is 6.42 Å². The molecule has 4 atom stereocenters. The van der Waals surface area contributed by atoms with Crippen molar-refractivity contribution in [2.75, 3.05) is 11.4 Å². The van der Waals surface area contributed by atoms with Gasteiger partial charge in [0, 0.05) is 18.3 Å². The number of fused-ring (bicyclic) bond motifs is 2. The molecule has 0 spiro atoms. The summed E-state index contributed by atoms with van der Waals surface area (Å²) in [5.74, 6) is 0.988. The Hall–Kier alpha value is -1.86. The second-order valence-corrected chi connectivity index (χ2v) is 6.17. The Balaban J connectivity index is 1.83. The van der Waals surface area contributed by atoms with E-state index >= 15 is 0 Å². The van der Waals surface area contributed by atoms with E-state index in [0.717, 1.165) is 18.5 Å². The van der Waals surface area contributed by atoms with E-state index in [4.69, 9.17) is 11.0 Å². The van der Waals surface area contributed by atoms with E-state index < -0.39 is 0 Å². The molecule has 21 heavy (non-hydrogen) atoms. The molecular formula is C17H21N3O. The van der Waals surface area contributed by atoms with Gasteiger partial charge < -0.3 is 10.6 Å². The lowest BCUT2D eigenvalue weighted by Crippen LogP contribution is -2.47. The second-order valence-electron chi connectivity index (χ2n) is 6.17. The number of carbonyl (C=O) groups excluding carboxylic acids is 1. The van der Waals surface area contributed by atoms with Gasteiger partial charge in [-0.15, -0.1) is 0 Å². The summed E-state index contributed by atoms with van der Waals surface area (Å²) in [5.41, 5.74) is 7.17. The van der Waals surface area contributed by atoms with Crippen LogP contribution in [-0.2, 0) is 4.79 Å². The highest BCUT2D eigenvalue weighted by Crippen LogP contribution is 2.48. The van der Waals surface area contributed by atoms with Crippen molar-refractivity contribution >= 4 is 11.6 Å². The first-order valence-corrected chi connectivity index (χ1v) is 7.71. The molecule has 2 saturated carbocycles. The minimum Gasteiger partial charge on any atom is -0.327 e. The summed E-state index contributed by atoms with van der Waals surface area (Å²) >= 11 is 0. The van der Waals surface area contributed by atoms with Gasteiger partial charge in [-0.05, 0) is 43.2 Å². The van der Waals surface area contributed by atoms with Crippen molar-refractivity contribution in [1.82, 2.24) is 0 Å². The third kappa shape index (κ3) is 2.54. The number of para-hydroxylation sites is 1. The summed E-state index contributed by atoms with van der Waals surface area (Å²) in [5, 5.41) is 8.85. The second kappa shape index (κ2) is 5.87. The monoisotopic (exact) mass is 283 g/mol. The first-order valence-electron chi connectivity index (χ1n) is 7.71. The fourth-order valence-electron chi connectivity index (χ4n) is 4.02. The smallest absolute Gasteiger partial charge is 0.231 e. The number of nitrogens with two attached hydrogens (primary N) is 1. The van der Waals surface area contributed by atoms with Crippen molar-refractivity contribution in [3.8, 4) is 6.07 Å². The molecule has 2 aliphatic carbocycles. The predicted molar refractivity (Wildman–Crippen MR) is 81.3 cm³/mol. The van der Waals surface area contributed by atoms with Crippen LogP contribution in [0.5, 0.6) is 0 Å². The molecule has 2 aliphatic rings. The number of benzene rings is 1. The summed E-state index contributed by atoms with van der Waals surface area (Å²) in [6.07, 6.45) is 3.73. The summed E-state index contributed by atoms with van der Waals surface area (Å²) in [6, 6.07) is 11.7. The van der Waals surface area contributed by atoms with E-state index in [-0.39, 0.29) is 17.9 Å². The molecule has 0 saturated heterocycles. The molecule has 0 heterocycles. The van der Waals surface area contributed by atoms with Gasteiger partial charge in [0.2, 0.25) is 5.91 Å². The number of amides is 1. The van der Waals surface area contributed by atoms with Gasteiger partial charge in [-0.2, -0.15) is 5.26 Å². The van der Waals surface area contributed by atoms with Crippen molar-refractivity contribution in [3.05, 3.63) is 30.3 Å². The van der Waals surface area contributed by atoms with E-state index in [1.807, 2.05) is 30.3 Å². The van der Waals surface area contributed by atoms with Crippen molar-refractivity contribution in [2.24, 2.45) is 23.5 Å². The molecule has 2 bridgehead atoms. The molecule has 3 rings (SSSR count). The first kappa shape index (κ1) is 14.1. The van der Waals surface area contributed by atoms with Crippen LogP contribution in [0, 0.1) is 29.1 Å². The van der Waals surface area contributed by atoms with E-state index in [1.54, 1.807) is 4.90 Å². The molecule has 110 valence electrons. The van der Waals surface area contributed by atoms with Gasteiger partial charge in [-0.25, -0.2) is 0 Å². The molecule has 4 nitrogen and oxygen atoms in total. The van der Waals surface area contributed by atoms with Gasteiger partial charge in [0.1, 0.15) is 0 Å². The summed E-state index contributed by atoms with van der Waals surface area (Å²) < 4.78 is 0. The van der Waals surface area contributed by atoms with Crippen LogP contribution in [-0.4, -0.2) is 18.5 Å². The molecule has 0 aromatic heterocycles. The highest BCUT2D eigenvalue weighted by atomic mass is 16.2. The Kier molecular flexibility index (Phi) is 3.94. The molecule has 1 amide bonds. The Morgan fingerprint density at radius 2 is 2.00 bits per heavy atom. The van der Waals surface area contributed by atoms with Crippen molar-refractivity contribution in [2.45, 2.75) is 31.7 Å². The Morgan fingerprint density at radius 1 is 1.29 bits per heavy atom. The third-order valence-corrected chi connectivity index (χ3v) is 5.05. The van der Waals surface area contributed by atoms with Gasteiger partial charge in [-0.1, -0.05) is 18.2 Å². The molecule has 2 fully saturated rings. The van der Waals surface area contributed by atoms with Gasteiger partial charge in [0.15, 0.2) is 0 Å². The number of carbonyl (C=O) groups is 1. The molecule has 4 unspecified atom stereocenters. The summed E-state index contributed by atoms with van der Waals surface area (Å²) in [6.45, 7) is 0.444. The molecule has 1 aromatic rings. The third-order valence-electron chi connectivity index (χ3n) is 5.05. The molecule has 4 heteroatoms. The van der Waals surface area contributed by atoms with Crippen LogP contribution >= 0.6 is 0 Å². The topological polar surface area (TPSA) is 70.1 Å². The van der Waals surface area contributed by atoms with Crippen LogP contribution in [0.1, 0.15) is 25.7 Å². The van der Waals surface area contributed by atoms with Gasteiger partial charge in [0.05, 0.1) is 18.4 Å². The molecule has 0 radical (unpaired) electrons. The summed E-state index contributed by atoms with van der Waals surface area (Å²) in [7, 11) is 0. The van der Waals surface area contributed by atoms with Crippen molar-refractivity contribution in [1.29, 1.82) is 5.26 Å². The minimum absolute atomic E-state index is 0.00968. The number of nitrogens with zero attached hydrogens (tertiary/aromatic N) is 2. The minimum atomic E-state index is -0.0670. The maximum Gasteiger partial charge on any atom is 0.231 e. The number of hydrogen-bond donors (Lipinski definition) is 1. The lowest BCUT2D eigenvalue weighted by molar-refractivity contribution is -0.124. The highest BCUT2D eigenvalue weighted by Gasteiger charge is 2.50. The predicted octanol–water partition coefficient (Wildman–Crippen LogP) is 2.31. The van der Waals surface area contributed by atoms with Crippen LogP contribution < -0.4 is 10.6 Å². The molecule has 1 aromatic carbocycles. The first-order chi connectivity index (χ1) is 10.2. The zero-order valence-corrected chi connectivity index (χ0v) is 12.1. The van der Waals surface area contributed by atoms with Gasteiger partial charge in [-0.3, -0.25) is 4.79 Å². The van der Waals surface area contributed by atoms with Crippen LogP contribution in [0.25, 0.3) is 0 Å². The van der Waals surface area contributed by atoms with Gasteiger partial charge in [0.25, 0.3) is 0 Å². The lowest BCUT2D eigenvalue weighted by Gasteiger charge is -2.32. The Morgan fingerprint density at radius 3 is 2.62 bits per heavy atom. The fraction of sp³-hybridized carbons (Fsp3) is 0.529. The molecular weight excluding hydrogens is 262 g/mol.